The third kappa shape index (κ3) is 4.09. The number of likely N-dealkylation sites (N-methyl/N-ethyl adjacent to an activating group) is 1. The Morgan fingerprint density at radius 1 is 1.15 bits per heavy atom. The fourth-order valence-electron chi connectivity index (χ4n) is 4.64. The molecule has 0 bridgehead atoms. The van der Waals surface area contributed by atoms with Gasteiger partial charge in [-0.1, -0.05) is 23.7 Å². The Hall–Kier alpha value is -2.96. The van der Waals surface area contributed by atoms with Crippen LogP contribution in [0, 0.1) is 6.92 Å². The fraction of sp³-hybridized carbons (Fsp3) is 0.269. The minimum absolute atomic E-state index is 0.0248. The van der Waals surface area contributed by atoms with Crippen LogP contribution in [-0.4, -0.2) is 29.0 Å². The van der Waals surface area contributed by atoms with Crippen molar-refractivity contribution < 1.29 is 9.59 Å². The van der Waals surface area contributed by atoms with Crippen LogP contribution < -0.4 is 15.1 Å². The molecule has 2 aliphatic heterocycles. The lowest BCUT2D eigenvalue weighted by atomic mass is 9.86. The first kappa shape index (κ1) is 23.2. The molecule has 0 saturated carbocycles. The Morgan fingerprint density at radius 3 is 2.55 bits per heavy atom. The molecule has 2 heterocycles. The quantitative estimate of drug-likeness (QED) is 0.358. The first-order chi connectivity index (χ1) is 15.5. The zero-order valence-corrected chi connectivity index (χ0v) is 20.9. The van der Waals surface area contributed by atoms with Crippen molar-refractivity contribution in [3.05, 3.63) is 69.8 Å². The summed E-state index contributed by atoms with van der Waals surface area (Å²) in [7, 11) is 0. The van der Waals surface area contributed by atoms with E-state index in [-0.39, 0.29) is 16.2 Å². The van der Waals surface area contributed by atoms with Crippen molar-refractivity contribution in [2.45, 2.75) is 40.2 Å². The van der Waals surface area contributed by atoms with Crippen LogP contribution in [0.1, 0.15) is 44.4 Å². The third-order valence-corrected chi connectivity index (χ3v) is 6.67. The summed E-state index contributed by atoms with van der Waals surface area (Å²) in [6.07, 6.45) is 3.90. The van der Waals surface area contributed by atoms with Crippen LogP contribution in [0.15, 0.2) is 48.0 Å². The van der Waals surface area contributed by atoms with Gasteiger partial charge in [-0.3, -0.25) is 19.8 Å². The second kappa shape index (κ2) is 8.43. The number of carbonyl (C=O) groups is 2. The Bertz CT molecular complexity index is 1260. The van der Waals surface area contributed by atoms with Gasteiger partial charge in [0.1, 0.15) is 5.57 Å². The summed E-state index contributed by atoms with van der Waals surface area (Å²) in [4.78, 5) is 29.8. The summed E-state index contributed by atoms with van der Waals surface area (Å²) < 4.78 is 0. The summed E-state index contributed by atoms with van der Waals surface area (Å²) in [5, 5.41) is 3.14. The topological polar surface area (TPSA) is 52.7 Å². The lowest BCUT2D eigenvalue weighted by Gasteiger charge is -2.43. The standard InChI is InChI=1S/C26H26ClN3O2S/c1-6-29-22-10-15(2)17(11-20(22)16(3)14-26(29,4)5)12-21-23(31)28-25(33)30(24(21)32)19-9-7-8-18(27)13-19/h7-14H,6H2,1-5H3,(H,28,31,33)/b21-12+. The Kier molecular flexibility index (Phi) is 5.93. The molecular weight excluding hydrogens is 454 g/mol. The van der Waals surface area contributed by atoms with Gasteiger partial charge in [-0.05, 0) is 99.9 Å². The highest BCUT2D eigenvalue weighted by Gasteiger charge is 2.35. The maximum Gasteiger partial charge on any atom is 0.270 e. The van der Waals surface area contributed by atoms with Gasteiger partial charge < -0.3 is 4.90 Å². The van der Waals surface area contributed by atoms with Crippen molar-refractivity contribution in [3.63, 3.8) is 0 Å². The summed E-state index contributed by atoms with van der Waals surface area (Å²) in [6, 6.07) is 11.0. The molecule has 0 aromatic heterocycles. The van der Waals surface area contributed by atoms with Gasteiger partial charge in [0.05, 0.1) is 11.2 Å². The second-order valence-electron chi connectivity index (χ2n) is 8.89. The molecule has 1 saturated heterocycles. The SMILES string of the molecule is CCN1c2cc(C)c(/C=C3\C(=O)NC(=S)N(c4cccc(Cl)c4)C3=O)cc2C(C)=CC1(C)C. The Balaban J connectivity index is 1.80. The normalized spacial score (nSPS) is 18.9. The minimum atomic E-state index is -0.510. The molecule has 33 heavy (non-hydrogen) atoms. The van der Waals surface area contributed by atoms with Crippen molar-refractivity contribution in [2.75, 3.05) is 16.3 Å². The summed E-state index contributed by atoms with van der Waals surface area (Å²) in [5.74, 6) is -0.990. The molecule has 4 rings (SSSR count). The van der Waals surface area contributed by atoms with Crippen LogP contribution in [0.25, 0.3) is 11.6 Å². The molecule has 2 aliphatic rings. The van der Waals surface area contributed by atoms with Crippen LogP contribution >= 0.6 is 23.8 Å². The van der Waals surface area contributed by atoms with Crippen molar-refractivity contribution in [2.24, 2.45) is 0 Å². The monoisotopic (exact) mass is 479 g/mol. The maximum absolute atomic E-state index is 13.4. The summed E-state index contributed by atoms with van der Waals surface area (Å²) in [6.45, 7) is 11.5. The van der Waals surface area contributed by atoms with E-state index in [1.807, 2.05) is 6.92 Å². The molecule has 0 atom stereocenters. The van der Waals surface area contributed by atoms with Crippen LogP contribution in [0.2, 0.25) is 5.02 Å². The lowest BCUT2D eigenvalue weighted by Crippen LogP contribution is -2.54. The van der Waals surface area contributed by atoms with Gasteiger partial charge in [0.25, 0.3) is 11.8 Å². The second-order valence-corrected chi connectivity index (χ2v) is 9.71. The van der Waals surface area contributed by atoms with Crippen LogP contribution in [0.4, 0.5) is 11.4 Å². The molecule has 1 N–H and O–H groups in total. The molecule has 0 spiro atoms. The number of rotatable bonds is 3. The van der Waals surface area contributed by atoms with Crippen molar-refractivity contribution in [1.82, 2.24) is 5.32 Å². The molecule has 0 radical (unpaired) electrons. The number of carbonyl (C=O) groups excluding carboxylic acids is 2. The summed E-state index contributed by atoms with van der Waals surface area (Å²) >= 11 is 11.4. The molecule has 0 aliphatic carbocycles. The van der Waals surface area contributed by atoms with Gasteiger partial charge in [-0.25, -0.2) is 0 Å². The zero-order valence-electron chi connectivity index (χ0n) is 19.3. The highest BCUT2D eigenvalue weighted by molar-refractivity contribution is 7.80. The van der Waals surface area contributed by atoms with E-state index in [4.69, 9.17) is 23.8 Å². The van der Waals surface area contributed by atoms with E-state index in [1.54, 1.807) is 30.3 Å². The Morgan fingerprint density at radius 2 is 1.88 bits per heavy atom. The number of nitrogens with zero attached hydrogens (tertiary/aromatic N) is 2. The van der Waals surface area contributed by atoms with Gasteiger partial charge in [0.2, 0.25) is 0 Å². The van der Waals surface area contributed by atoms with Crippen LogP contribution in [-0.2, 0) is 9.59 Å². The number of fused-ring (bicyclic) bond motifs is 1. The molecular formula is C26H26ClN3O2S. The first-order valence-corrected chi connectivity index (χ1v) is 11.6. The molecule has 5 nitrogen and oxygen atoms in total. The van der Waals surface area contributed by atoms with Crippen molar-refractivity contribution >= 4 is 63.8 Å². The number of allylic oxidation sites excluding steroid dienone is 1. The van der Waals surface area contributed by atoms with E-state index in [1.165, 1.54) is 10.5 Å². The number of thiocarbonyl (C=S) groups is 1. The van der Waals surface area contributed by atoms with Gasteiger partial charge in [-0.15, -0.1) is 0 Å². The predicted octanol–water partition coefficient (Wildman–Crippen LogP) is 5.50. The number of benzene rings is 2. The molecule has 7 heteroatoms. The van der Waals surface area contributed by atoms with E-state index in [0.29, 0.717) is 10.7 Å². The lowest BCUT2D eigenvalue weighted by molar-refractivity contribution is -0.122. The van der Waals surface area contributed by atoms with Gasteiger partial charge in [0.15, 0.2) is 5.11 Å². The van der Waals surface area contributed by atoms with E-state index in [9.17, 15) is 9.59 Å². The van der Waals surface area contributed by atoms with Gasteiger partial charge >= 0.3 is 0 Å². The first-order valence-electron chi connectivity index (χ1n) is 10.8. The maximum atomic E-state index is 13.4. The number of halogens is 1. The molecule has 2 amide bonds. The van der Waals surface area contributed by atoms with E-state index in [2.05, 4.69) is 56.1 Å². The average Bonchev–Trinajstić information content (AvgIpc) is 2.71. The number of hydrogen-bond donors (Lipinski definition) is 1. The van der Waals surface area contributed by atoms with Crippen LogP contribution in [0.5, 0.6) is 0 Å². The number of aryl methyl sites for hydroxylation is 1. The number of hydrogen-bond acceptors (Lipinski definition) is 4. The Labute approximate surface area is 204 Å². The molecule has 1 fully saturated rings. The fourth-order valence-corrected chi connectivity index (χ4v) is 5.11. The smallest absolute Gasteiger partial charge is 0.270 e. The highest BCUT2D eigenvalue weighted by Crippen LogP contribution is 2.40. The molecule has 2 aromatic rings. The largest absolute Gasteiger partial charge is 0.363 e. The van der Waals surface area contributed by atoms with Gasteiger partial charge in [0, 0.05) is 22.8 Å². The number of nitrogens with one attached hydrogen (secondary N) is 1. The predicted molar refractivity (Wildman–Crippen MR) is 140 cm³/mol. The highest BCUT2D eigenvalue weighted by atomic mass is 35.5. The van der Waals surface area contributed by atoms with E-state index < -0.39 is 11.8 Å². The van der Waals surface area contributed by atoms with Crippen molar-refractivity contribution in [1.29, 1.82) is 0 Å². The molecule has 2 aromatic carbocycles. The van der Waals surface area contributed by atoms with E-state index >= 15 is 0 Å². The zero-order chi connectivity index (χ0) is 24.1. The van der Waals surface area contributed by atoms with Crippen molar-refractivity contribution in [3.8, 4) is 0 Å². The molecule has 170 valence electrons. The number of amides is 2. The third-order valence-electron chi connectivity index (χ3n) is 6.15. The summed E-state index contributed by atoms with van der Waals surface area (Å²) in [5.41, 5.74) is 5.65. The van der Waals surface area contributed by atoms with Crippen LogP contribution in [0.3, 0.4) is 0 Å². The number of anilines is 2. The average molecular weight is 480 g/mol. The molecule has 0 unspecified atom stereocenters. The van der Waals surface area contributed by atoms with E-state index in [0.717, 1.165) is 28.9 Å². The minimum Gasteiger partial charge on any atom is -0.363 e. The van der Waals surface area contributed by atoms with Gasteiger partial charge in [-0.2, -0.15) is 0 Å².